The summed E-state index contributed by atoms with van der Waals surface area (Å²) in [6.07, 6.45) is 0.782. The van der Waals surface area contributed by atoms with Gasteiger partial charge in [0.2, 0.25) is 0 Å². The molecule has 0 spiro atoms. The van der Waals surface area contributed by atoms with Crippen LogP contribution in [0, 0.1) is 5.82 Å². The van der Waals surface area contributed by atoms with Crippen LogP contribution in [0.1, 0.15) is 19.4 Å². The molecule has 0 aliphatic heterocycles. The smallest absolute Gasteiger partial charge is 0.165 e. The SMILES string of the molecule is COc1c(F)cccc1C(C)(C)C=O. The lowest BCUT2D eigenvalue weighted by molar-refractivity contribution is -0.111. The zero-order chi connectivity index (χ0) is 10.8. The summed E-state index contributed by atoms with van der Waals surface area (Å²) in [5.41, 5.74) is -0.164. The molecule has 2 nitrogen and oxygen atoms in total. The Morgan fingerprint density at radius 1 is 1.43 bits per heavy atom. The highest BCUT2D eigenvalue weighted by Crippen LogP contribution is 2.31. The molecule has 0 N–H and O–H groups in total. The van der Waals surface area contributed by atoms with Crippen LogP contribution < -0.4 is 4.74 Å². The molecule has 0 saturated heterocycles. The zero-order valence-corrected chi connectivity index (χ0v) is 8.50. The van der Waals surface area contributed by atoms with Gasteiger partial charge in [-0.3, -0.25) is 0 Å². The Kier molecular flexibility index (Phi) is 2.89. The van der Waals surface area contributed by atoms with Crippen molar-refractivity contribution in [2.75, 3.05) is 7.11 Å². The van der Waals surface area contributed by atoms with Crippen LogP contribution in [-0.2, 0) is 10.2 Å². The van der Waals surface area contributed by atoms with Crippen LogP contribution in [-0.4, -0.2) is 13.4 Å². The third-order valence-corrected chi connectivity index (χ3v) is 2.16. The summed E-state index contributed by atoms with van der Waals surface area (Å²) in [7, 11) is 1.39. The molecule has 0 unspecified atom stereocenters. The minimum absolute atomic E-state index is 0.143. The molecule has 0 atom stereocenters. The number of para-hydroxylation sites is 1. The average molecular weight is 196 g/mol. The lowest BCUT2D eigenvalue weighted by Gasteiger charge is -2.20. The zero-order valence-electron chi connectivity index (χ0n) is 8.50. The molecule has 14 heavy (non-hydrogen) atoms. The third kappa shape index (κ3) is 1.76. The second-order valence-electron chi connectivity index (χ2n) is 3.66. The lowest BCUT2D eigenvalue weighted by atomic mass is 9.85. The number of ether oxygens (including phenoxy) is 1. The van der Waals surface area contributed by atoms with E-state index in [1.165, 1.54) is 13.2 Å². The Morgan fingerprint density at radius 3 is 2.57 bits per heavy atom. The molecule has 0 aromatic heterocycles. The van der Waals surface area contributed by atoms with Crippen molar-refractivity contribution in [2.24, 2.45) is 0 Å². The molecule has 76 valence electrons. The Morgan fingerprint density at radius 2 is 2.07 bits per heavy atom. The van der Waals surface area contributed by atoms with E-state index in [0.29, 0.717) is 5.56 Å². The maximum Gasteiger partial charge on any atom is 0.165 e. The molecule has 0 aliphatic rings. The Bertz CT molecular complexity index is 345. The Labute approximate surface area is 82.7 Å². The molecule has 3 heteroatoms. The summed E-state index contributed by atoms with van der Waals surface area (Å²) in [5.74, 6) is -0.301. The van der Waals surface area contributed by atoms with E-state index in [1.807, 2.05) is 0 Å². The highest BCUT2D eigenvalue weighted by atomic mass is 19.1. The van der Waals surface area contributed by atoms with Gasteiger partial charge in [-0.1, -0.05) is 12.1 Å². The molecule has 0 radical (unpaired) electrons. The van der Waals surface area contributed by atoms with Gasteiger partial charge in [0.25, 0.3) is 0 Å². The number of aldehydes is 1. The molecule has 0 amide bonds. The molecular formula is C11H13FO2. The fourth-order valence-corrected chi connectivity index (χ4v) is 1.29. The standard InChI is InChI=1S/C11H13FO2/c1-11(2,7-13)8-5-4-6-9(12)10(8)14-3/h4-7H,1-3H3. The van der Waals surface area contributed by atoms with E-state index >= 15 is 0 Å². The molecular weight excluding hydrogens is 183 g/mol. The maximum atomic E-state index is 13.3. The predicted octanol–water partition coefficient (Wildman–Crippen LogP) is 2.31. The van der Waals surface area contributed by atoms with Crippen molar-refractivity contribution in [1.82, 2.24) is 0 Å². The van der Waals surface area contributed by atoms with Crippen molar-refractivity contribution >= 4 is 6.29 Å². The van der Waals surface area contributed by atoms with Gasteiger partial charge in [0.15, 0.2) is 11.6 Å². The van der Waals surface area contributed by atoms with Crippen molar-refractivity contribution < 1.29 is 13.9 Å². The topological polar surface area (TPSA) is 26.3 Å². The van der Waals surface area contributed by atoms with Crippen LogP contribution in [0.5, 0.6) is 5.75 Å². The van der Waals surface area contributed by atoms with Gasteiger partial charge in [-0.25, -0.2) is 4.39 Å². The summed E-state index contributed by atoms with van der Waals surface area (Å²) >= 11 is 0. The molecule has 1 aromatic rings. The summed E-state index contributed by atoms with van der Waals surface area (Å²) < 4.78 is 18.2. The number of hydrogen-bond acceptors (Lipinski definition) is 2. The van der Waals surface area contributed by atoms with Gasteiger partial charge in [0.05, 0.1) is 7.11 Å². The van der Waals surface area contributed by atoms with Gasteiger partial charge in [0, 0.05) is 11.0 Å². The van der Waals surface area contributed by atoms with Crippen LogP contribution in [0.3, 0.4) is 0 Å². The molecule has 0 aliphatic carbocycles. The monoisotopic (exact) mass is 196 g/mol. The number of hydrogen-bond donors (Lipinski definition) is 0. The van der Waals surface area contributed by atoms with Gasteiger partial charge in [0.1, 0.15) is 6.29 Å². The molecule has 0 bridgehead atoms. The quantitative estimate of drug-likeness (QED) is 0.693. The highest BCUT2D eigenvalue weighted by molar-refractivity contribution is 5.69. The van der Waals surface area contributed by atoms with Crippen LogP contribution in [0.2, 0.25) is 0 Å². The van der Waals surface area contributed by atoms with E-state index in [0.717, 1.165) is 6.29 Å². The molecule has 1 aromatic carbocycles. The summed E-state index contributed by atoms with van der Waals surface area (Å²) in [4.78, 5) is 10.8. The number of methoxy groups -OCH3 is 1. The van der Waals surface area contributed by atoms with Crippen LogP contribution in [0.15, 0.2) is 18.2 Å². The first kappa shape index (κ1) is 10.7. The van der Waals surface area contributed by atoms with E-state index in [1.54, 1.807) is 26.0 Å². The van der Waals surface area contributed by atoms with Crippen LogP contribution in [0.4, 0.5) is 4.39 Å². The predicted molar refractivity (Wildman–Crippen MR) is 52.0 cm³/mol. The molecule has 0 heterocycles. The van der Waals surface area contributed by atoms with Gasteiger partial charge >= 0.3 is 0 Å². The van der Waals surface area contributed by atoms with E-state index in [2.05, 4.69) is 0 Å². The summed E-state index contributed by atoms with van der Waals surface area (Å²) in [6, 6.07) is 4.57. The maximum absolute atomic E-state index is 13.3. The first-order valence-electron chi connectivity index (χ1n) is 4.32. The highest BCUT2D eigenvalue weighted by Gasteiger charge is 2.25. The van der Waals surface area contributed by atoms with Crippen molar-refractivity contribution in [1.29, 1.82) is 0 Å². The fraction of sp³-hybridized carbons (Fsp3) is 0.364. The van der Waals surface area contributed by atoms with E-state index in [-0.39, 0.29) is 5.75 Å². The summed E-state index contributed by atoms with van der Waals surface area (Å²) in [6.45, 7) is 3.44. The Hall–Kier alpha value is -1.38. The first-order chi connectivity index (χ1) is 6.53. The number of rotatable bonds is 3. The van der Waals surface area contributed by atoms with E-state index < -0.39 is 11.2 Å². The number of carbonyl (C=O) groups excluding carboxylic acids is 1. The van der Waals surface area contributed by atoms with E-state index in [4.69, 9.17) is 4.74 Å². The van der Waals surface area contributed by atoms with Crippen molar-refractivity contribution in [3.8, 4) is 5.75 Å². The second kappa shape index (κ2) is 3.78. The van der Waals surface area contributed by atoms with Crippen molar-refractivity contribution in [3.05, 3.63) is 29.6 Å². The van der Waals surface area contributed by atoms with Gasteiger partial charge < -0.3 is 9.53 Å². The number of halogens is 1. The Balaban J connectivity index is 3.34. The largest absolute Gasteiger partial charge is 0.493 e. The minimum atomic E-state index is -0.729. The number of benzene rings is 1. The second-order valence-corrected chi connectivity index (χ2v) is 3.66. The molecule has 1 rings (SSSR count). The fourth-order valence-electron chi connectivity index (χ4n) is 1.29. The van der Waals surface area contributed by atoms with Gasteiger partial charge in [-0.05, 0) is 19.9 Å². The number of carbonyl (C=O) groups is 1. The van der Waals surface area contributed by atoms with Gasteiger partial charge in [-0.15, -0.1) is 0 Å². The van der Waals surface area contributed by atoms with Crippen molar-refractivity contribution in [2.45, 2.75) is 19.3 Å². The lowest BCUT2D eigenvalue weighted by Crippen LogP contribution is -2.20. The first-order valence-corrected chi connectivity index (χ1v) is 4.32. The normalized spacial score (nSPS) is 11.1. The minimum Gasteiger partial charge on any atom is -0.493 e. The third-order valence-electron chi connectivity index (χ3n) is 2.16. The van der Waals surface area contributed by atoms with Crippen molar-refractivity contribution in [3.63, 3.8) is 0 Å². The van der Waals surface area contributed by atoms with Gasteiger partial charge in [-0.2, -0.15) is 0 Å². The molecule has 0 fully saturated rings. The molecule has 0 saturated carbocycles. The van der Waals surface area contributed by atoms with Crippen LogP contribution >= 0.6 is 0 Å². The average Bonchev–Trinajstić information content (AvgIpc) is 2.17. The van der Waals surface area contributed by atoms with E-state index in [9.17, 15) is 9.18 Å². The van der Waals surface area contributed by atoms with Crippen LogP contribution in [0.25, 0.3) is 0 Å². The summed E-state index contributed by atoms with van der Waals surface area (Å²) in [5, 5.41) is 0.